The second-order valence-electron chi connectivity index (χ2n) is 3.46. The number of aliphatic imine (C=N–C) groups is 2. The molecule has 7 heteroatoms. The molecular weight excluding hydrogens is 233 g/mol. The zero-order valence-electron chi connectivity index (χ0n) is 10.1. The van der Waals surface area contributed by atoms with Crippen LogP contribution in [0.4, 0.5) is 13.2 Å². The first kappa shape index (κ1) is 15.6. The summed E-state index contributed by atoms with van der Waals surface area (Å²) in [6.45, 7) is 6.58. The van der Waals surface area contributed by atoms with Crippen LogP contribution in [0.2, 0.25) is 0 Å². The van der Waals surface area contributed by atoms with Gasteiger partial charge in [0, 0.05) is 12.6 Å². The number of nitrogens with one attached hydrogen (secondary N) is 2. The van der Waals surface area contributed by atoms with Crippen molar-refractivity contribution in [1.29, 1.82) is 0 Å². The lowest BCUT2D eigenvalue weighted by atomic mass is 10.3. The first-order chi connectivity index (χ1) is 7.81. The summed E-state index contributed by atoms with van der Waals surface area (Å²) in [5.74, 6) is 0.204. The topological polar surface area (TPSA) is 48.8 Å². The highest BCUT2D eigenvalue weighted by Crippen LogP contribution is 2.17. The fraction of sp³-hybridized carbons (Fsp3) is 0.600. The van der Waals surface area contributed by atoms with Gasteiger partial charge in [-0.05, 0) is 27.6 Å². The number of halogens is 3. The van der Waals surface area contributed by atoms with Gasteiger partial charge in [-0.25, -0.2) is 4.99 Å². The first-order valence-electron chi connectivity index (χ1n) is 5.01. The van der Waals surface area contributed by atoms with Gasteiger partial charge in [-0.15, -0.1) is 0 Å². The van der Waals surface area contributed by atoms with Crippen molar-refractivity contribution in [3.8, 4) is 0 Å². The molecular formula is C10H17F3N4. The molecule has 0 aromatic rings. The summed E-state index contributed by atoms with van der Waals surface area (Å²) in [7, 11) is 1.78. The maximum Gasteiger partial charge on any atom is 0.429 e. The molecule has 0 heterocycles. The van der Waals surface area contributed by atoms with Crippen molar-refractivity contribution in [3.63, 3.8) is 0 Å². The van der Waals surface area contributed by atoms with Crippen molar-refractivity contribution in [2.24, 2.45) is 9.98 Å². The van der Waals surface area contributed by atoms with Crippen LogP contribution in [0.3, 0.4) is 0 Å². The van der Waals surface area contributed by atoms with Gasteiger partial charge in [0.25, 0.3) is 0 Å². The van der Waals surface area contributed by atoms with E-state index in [-0.39, 0.29) is 11.9 Å². The van der Waals surface area contributed by atoms with Gasteiger partial charge in [0.1, 0.15) is 11.5 Å². The number of rotatable bonds is 6. The zero-order valence-corrected chi connectivity index (χ0v) is 10.1. The van der Waals surface area contributed by atoms with Crippen LogP contribution in [0.1, 0.15) is 13.8 Å². The Hall–Kier alpha value is -1.37. The molecule has 0 rings (SSSR count). The van der Waals surface area contributed by atoms with Crippen LogP contribution in [0.15, 0.2) is 22.0 Å². The van der Waals surface area contributed by atoms with Crippen LogP contribution in [-0.4, -0.2) is 38.2 Å². The molecule has 0 fully saturated rings. The highest BCUT2D eigenvalue weighted by atomic mass is 19.4. The van der Waals surface area contributed by atoms with E-state index in [0.29, 0.717) is 6.54 Å². The molecule has 0 radical (unpaired) electrons. The van der Waals surface area contributed by atoms with Crippen molar-refractivity contribution in [2.75, 3.05) is 13.6 Å². The summed E-state index contributed by atoms with van der Waals surface area (Å²) in [5, 5.41) is 5.79. The Balaban J connectivity index is 4.51. The standard InChI is InChI=1S/C10H17F3N4/c1-7(14-3)5-17-9(15-4)6-16-8(2)10(11,12)13/h6-7,14,17H,4-5H2,1-3H3/b9-6+,16-8?/t7-/m0/s1. The van der Waals surface area contributed by atoms with E-state index in [9.17, 15) is 13.2 Å². The van der Waals surface area contributed by atoms with Gasteiger partial charge >= 0.3 is 6.18 Å². The highest BCUT2D eigenvalue weighted by Gasteiger charge is 2.31. The fourth-order valence-corrected chi connectivity index (χ4v) is 0.733. The Morgan fingerprint density at radius 3 is 2.47 bits per heavy atom. The summed E-state index contributed by atoms with van der Waals surface area (Å²) in [4.78, 5) is 6.83. The van der Waals surface area contributed by atoms with E-state index in [2.05, 4.69) is 27.3 Å². The Bertz CT molecular complexity index is 307. The van der Waals surface area contributed by atoms with Crippen LogP contribution < -0.4 is 10.6 Å². The molecule has 0 aliphatic rings. The summed E-state index contributed by atoms with van der Waals surface area (Å²) < 4.78 is 36.4. The molecule has 0 aliphatic heterocycles. The lowest BCUT2D eigenvalue weighted by Crippen LogP contribution is -2.33. The van der Waals surface area contributed by atoms with E-state index >= 15 is 0 Å². The number of hydrogen-bond acceptors (Lipinski definition) is 4. The molecule has 0 saturated carbocycles. The third-order valence-electron chi connectivity index (χ3n) is 2.04. The van der Waals surface area contributed by atoms with Gasteiger partial charge in [-0.2, -0.15) is 13.2 Å². The molecule has 98 valence electrons. The number of alkyl halides is 3. The first-order valence-corrected chi connectivity index (χ1v) is 5.01. The fourth-order valence-electron chi connectivity index (χ4n) is 0.733. The van der Waals surface area contributed by atoms with E-state index in [4.69, 9.17) is 0 Å². The Morgan fingerprint density at radius 1 is 1.47 bits per heavy atom. The molecule has 0 unspecified atom stereocenters. The molecule has 0 saturated heterocycles. The Labute approximate surface area is 98.7 Å². The Morgan fingerprint density at radius 2 is 2.06 bits per heavy atom. The summed E-state index contributed by atoms with van der Waals surface area (Å²) >= 11 is 0. The van der Waals surface area contributed by atoms with Crippen LogP contribution in [-0.2, 0) is 0 Å². The zero-order chi connectivity index (χ0) is 13.5. The normalized spacial score (nSPS) is 15.6. The second kappa shape index (κ2) is 7.05. The predicted octanol–water partition coefficient (Wildman–Crippen LogP) is 1.71. The number of likely N-dealkylation sites (N-methyl/N-ethyl adjacent to an activating group) is 1. The minimum absolute atomic E-state index is 0.160. The smallest absolute Gasteiger partial charge is 0.367 e. The summed E-state index contributed by atoms with van der Waals surface area (Å²) in [5.41, 5.74) is -0.929. The monoisotopic (exact) mass is 250 g/mol. The summed E-state index contributed by atoms with van der Waals surface area (Å²) in [6, 6.07) is 0.160. The van der Waals surface area contributed by atoms with Gasteiger partial charge in [-0.3, -0.25) is 4.99 Å². The van der Waals surface area contributed by atoms with Gasteiger partial charge in [0.2, 0.25) is 0 Å². The van der Waals surface area contributed by atoms with Gasteiger partial charge in [-0.1, -0.05) is 0 Å². The minimum Gasteiger partial charge on any atom is -0.367 e. The minimum atomic E-state index is -4.42. The van der Waals surface area contributed by atoms with Gasteiger partial charge in [0.05, 0.1) is 6.20 Å². The predicted molar refractivity (Wildman–Crippen MR) is 63.3 cm³/mol. The lowest BCUT2D eigenvalue weighted by Gasteiger charge is -2.11. The van der Waals surface area contributed by atoms with Crippen molar-refractivity contribution in [2.45, 2.75) is 26.1 Å². The average molecular weight is 250 g/mol. The third-order valence-corrected chi connectivity index (χ3v) is 2.04. The van der Waals surface area contributed by atoms with Crippen LogP contribution in [0.5, 0.6) is 0 Å². The van der Waals surface area contributed by atoms with Crippen molar-refractivity contribution in [3.05, 3.63) is 12.0 Å². The molecule has 0 spiro atoms. The van der Waals surface area contributed by atoms with Crippen molar-refractivity contribution in [1.82, 2.24) is 10.6 Å². The van der Waals surface area contributed by atoms with Crippen LogP contribution in [0, 0.1) is 0 Å². The molecule has 0 bridgehead atoms. The molecule has 0 aliphatic carbocycles. The van der Waals surface area contributed by atoms with E-state index in [0.717, 1.165) is 13.1 Å². The van der Waals surface area contributed by atoms with E-state index < -0.39 is 11.9 Å². The van der Waals surface area contributed by atoms with E-state index in [1.165, 1.54) is 0 Å². The molecule has 4 nitrogen and oxygen atoms in total. The maximum atomic E-state index is 12.1. The van der Waals surface area contributed by atoms with Crippen molar-refractivity contribution >= 4 is 12.4 Å². The molecule has 17 heavy (non-hydrogen) atoms. The van der Waals surface area contributed by atoms with Gasteiger partial charge < -0.3 is 10.6 Å². The molecule has 0 aromatic heterocycles. The van der Waals surface area contributed by atoms with Gasteiger partial charge in [0.15, 0.2) is 0 Å². The average Bonchev–Trinajstić information content (AvgIpc) is 2.27. The van der Waals surface area contributed by atoms with Crippen molar-refractivity contribution < 1.29 is 13.2 Å². The Kier molecular flexibility index (Phi) is 6.48. The quantitative estimate of drug-likeness (QED) is 0.705. The molecule has 0 amide bonds. The maximum absolute atomic E-state index is 12.1. The summed E-state index contributed by atoms with van der Waals surface area (Å²) in [6.07, 6.45) is -3.40. The lowest BCUT2D eigenvalue weighted by molar-refractivity contribution is -0.0591. The largest absolute Gasteiger partial charge is 0.429 e. The SMILES string of the molecule is C=N/C(=C\N=C(C)C(F)(F)F)NC[C@H](C)NC. The molecule has 1 atom stereocenters. The van der Waals surface area contributed by atoms with Crippen LogP contribution in [0.25, 0.3) is 0 Å². The van der Waals surface area contributed by atoms with E-state index in [1.807, 2.05) is 6.92 Å². The number of hydrogen-bond donors (Lipinski definition) is 2. The highest BCUT2D eigenvalue weighted by molar-refractivity contribution is 5.87. The molecule has 2 N–H and O–H groups in total. The van der Waals surface area contributed by atoms with E-state index in [1.54, 1.807) is 7.05 Å². The second-order valence-corrected chi connectivity index (χ2v) is 3.46. The molecule has 0 aromatic carbocycles. The third kappa shape index (κ3) is 6.72. The van der Waals surface area contributed by atoms with Crippen LogP contribution >= 0.6 is 0 Å². The number of nitrogens with zero attached hydrogens (tertiary/aromatic N) is 2.